The molecule has 2 rings (SSSR count). The van der Waals surface area contributed by atoms with Gasteiger partial charge in [-0.15, -0.1) is 11.3 Å². The van der Waals surface area contributed by atoms with E-state index < -0.39 is 0 Å². The number of thiophene rings is 1. The standard InChI is InChI=1S/C15H22N4OS/c1-2-19(11-13-4-3-7-17-13)8-5-14(20)18-15-12(10-16)6-9-21-15/h6,9,13,17H,2-5,7-8,11H2,1H3,(H,18,20). The van der Waals surface area contributed by atoms with Gasteiger partial charge >= 0.3 is 0 Å². The van der Waals surface area contributed by atoms with Crippen LogP contribution in [0.5, 0.6) is 0 Å². The lowest BCUT2D eigenvalue weighted by atomic mass is 10.2. The average molecular weight is 306 g/mol. The van der Waals surface area contributed by atoms with Crippen LogP contribution >= 0.6 is 11.3 Å². The van der Waals surface area contributed by atoms with Crippen LogP contribution in [0.1, 0.15) is 31.7 Å². The Hall–Kier alpha value is -1.42. The van der Waals surface area contributed by atoms with Gasteiger partial charge in [-0.1, -0.05) is 6.92 Å². The van der Waals surface area contributed by atoms with Gasteiger partial charge in [0.1, 0.15) is 11.1 Å². The first-order chi connectivity index (χ1) is 10.2. The highest BCUT2D eigenvalue weighted by atomic mass is 32.1. The maximum Gasteiger partial charge on any atom is 0.226 e. The van der Waals surface area contributed by atoms with E-state index in [0.29, 0.717) is 23.0 Å². The molecule has 6 heteroatoms. The minimum Gasteiger partial charge on any atom is -0.317 e. The maximum atomic E-state index is 12.0. The zero-order valence-electron chi connectivity index (χ0n) is 12.4. The predicted octanol–water partition coefficient (Wildman–Crippen LogP) is 2.02. The van der Waals surface area contributed by atoms with Crippen LogP contribution in [0, 0.1) is 11.3 Å². The summed E-state index contributed by atoms with van der Waals surface area (Å²) in [6.45, 7) is 5.95. The number of anilines is 1. The molecule has 1 aliphatic heterocycles. The molecule has 1 unspecified atom stereocenters. The van der Waals surface area contributed by atoms with Crippen molar-refractivity contribution in [3.8, 4) is 6.07 Å². The highest BCUT2D eigenvalue weighted by molar-refractivity contribution is 7.14. The lowest BCUT2D eigenvalue weighted by molar-refractivity contribution is -0.116. The molecule has 0 aliphatic carbocycles. The molecular formula is C15H22N4OS. The van der Waals surface area contributed by atoms with E-state index in [1.54, 1.807) is 6.07 Å². The maximum absolute atomic E-state index is 12.0. The largest absolute Gasteiger partial charge is 0.317 e. The van der Waals surface area contributed by atoms with Crippen molar-refractivity contribution in [2.24, 2.45) is 0 Å². The number of likely N-dealkylation sites (N-methyl/N-ethyl adjacent to an activating group) is 1. The van der Waals surface area contributed by atoms with Crippen LogP contribution in [0.2, 0.25) is 0 Å². The molecule has 5 nitrogen and oxygen atoms in total. The number of carbonyl (C=O) groups excluding carboxylic acids is 1. The summed E-state index contributed by atoms with van der Waals surface area (Å²) in [7, 11) is 0. The summed E-state index contributed by atoms with van der Waals surface area (Å²) in [6, 6.07) is 4.37. The summed E-state index contributed by atoms with van der Waals surface area (Å²) < 4.78 is 0. The van der Waals surface area contributed by atoms with Crippen molar-refractivity contribution in [1.29, 1.82) is 5.26 Å². The summed E-state index contributed by atoms with van der Waals surface area (Å²) in [5.41, 5.74) is 0.538. The molecule has 1 aromatic rings. The molecule has 1 aromatic heterocycles. The monoisotopic (exact) mass is 306 g/mol. The molecule has 0 aromatic carbocycles. The molecule has 1 saturated heterocycles. The van der Waals surface area contributed by atoms with Gasteiger partial charge in [0.2, 0.25) is 5.91 Å². The van der Waals surface area contributed by atoms with Gasteiger partial charge in [-0.25, -0.2) is 0 Å². The molecule has 1 atom stereocenters. The van der Waals surface area contributed by atoms with Crippen LogP contribution in [-0.4, -0.2) is 43.0 Å². The minimum absolute atomic E-state index is 0.0215. The van der Waals surface area contributed by atoms with Crippen LogP contribution in [0.25, 0.3) is 0 Å². The summed E-state index contributed by atoms with van der Waals surface area (Å²) in [6.07, 6.45) is 2.94. The molecule has 0 radical (unpaired) electrons. The van der Waals surface area contributed by atoms with E-state index in [9.17, 15) is 4.79 Å². The van der Waals surface area contributed by atoms with Crippen molar-refractivity contribution < 1.29 is 4.79 Å². The van der Waals surface area contributed by atoms with E-state index in [-0.39, 0.29) is 5.91 Å². The molecule has 21 heavy (non-hydrogen) atoms. The SMILES string of the molecule is CCN(CCC(=O)Nc1sccc1C#N)CC1CCCN1. The van der Waals surface area contributed by atoms with Gasteiger partial charge in [0, 0.05) is 25.6 Å². The summed E-state index contributed by atoms with van der Waals surface area (Å²) in [5, 5.41) is 17.7. The van der Waals surface area contributed by atoms with E-state index in [1.807, 2.05) is 5.38 Å². The molecule has 2 heterocycles. The summed E-state index contributed by atoms with van der Waals surface area (Å²) >= 11 is 1.39. The smallest absolute Gasteiger partial charge is 0.226 e. The number of hydrogen-bond donors (Lipinski definition) is 2. The van der Waals surface area contributed by atoms with Crippen molar-refractivity contribution >= 4 is 22.2 Å². The topological polar surface area (TPSA) is 68.2 Å². The van der Waals surface area contributed by atoms with E-state index in [1.165, 1.54) is 24.2 Å². The van der Waals surface area contributed by atoms with Crippen molar-refractivity contribution in [2.75, 3.05) is 31.5 Å². The fraction of sp³-hybridized carbons (Fsp3) is 0.600. The van der Waals surface area contributed by atoms with Crippen molar-refractivity contribution in [3.05, 3.63) is 17.0 Å². The lowest BCUT2D eigenvalue weighted by Gasteiger charge is -2.23. The van der Waals surface area contributed by atoms with Gasteiger partial charge in [0.05, 0.1) is 5.56 Å². The van der Waals surface area contributed by atoms with Gasteiger partial charge in [0.15, 0.2) is 0 Å². The van der Waals surface area contributed by atoms with Crippen LogP contribution in [0.15, 0.2) is 11.4 Å². The highest BCUT2D eigenvalue weighted by Crippen LogP contribution is 2.22. The molecule has 0 saturated carbocycles. The predicted molar refractivity (Wildman–Crippen MR) is 85.4 cm³/mol. The Labute approximate surface area is 129 Å². The molecule has 1 aliphatic rings. The minimum atomic E-state index is -0.0215. The lowest BCUT2D eigenvalue weighted by Crippen LogP contribution is -2.38. The number of hydrogen-bond acceptors (Lipinski definition) is 5. The third-order valence-electron chi connectivity index (χ3n) is 3.78. The molecule has 0 bridgehead atoms. The van der Waals surface area contributed by atoms with Crippen molar-refractivity contribution in [2.45, 2.75) is 32.2 Å². The van der Waals surface area contributed by atoms with Crippen LogP contribution in [0.3, 0.4) is 0 Å². The zero-order valence-corrected chi connectivity index (χ0v) is 13.2. The number of nitriles is 1. The number of carbonyl (C=O) groups is 1. The van der Waals surface area contributed by atoms with Crippen LogP contribution in [0.4, 0.5) is 5.00 Å². The van der Waals surface area contributed by atoms with Gasteiger partial charge < -0.3 is 15.5 Å². The number of nitrogens with zero attached hydrogens (tertiary/aromatic N) is 2. The van der Waals surface area contributed by atoms with E-state index in [2.05, 4.69) is 28.5 Å². The molecular weight excluding hydrogens is 284 g/mol. The van der Waals surface area contributed by atoms with E-state index >= 15 is 0 Å². The number of nitrogens with one attached hydrogen (secondary N) is 2. The highest BCUT2D eigenvalue weighted by Gasteiger charge is 2.17. The first-order valence-corrected chi connectivity index (χ1v) is 8.34. The van der Waals surface area contributed by atoms with Gasteiger partial charge in [-0.3, -0.25) is 4.79 Å². The quantitative estimate of drug-likeness (QED) is 0.809. The molecule has 0 spiro atoms. The van der Waals surface area contributed by atoms with E-state index in [0.717, 1.165) is 26.2 Å². The van der Waals surface area contributed by atoms with Gasteiger partial charge in [0.25, 0.3) is 0 Å². The second kappa shape index (κ2) is 8.13. The van der Waals surface area contributed by atoms with Crippen molar-refractivity contribution in [3.63, 3.8) is 0 Å². The third kappa shape index (κ3) is 4.81. The van der Waals surface area contributed by atoms with Crippen molar-refractivity contribution in [1.82, 2.24) is 10.2 Å². The normalized spacial score (nSPS) is 17.9. The molecule has 1 amide bonds. The second-order valence-corrected chi connectivity index (χ2v) is 6.18. The Morgan fingerprint density at radius 3 is 3.19 bits per heavy atom. The molecule has 1 fully saturated rings. The Morgan fingerprint density at radius 2 is 2.52 bits per heavy atom. The van der Waals surface area contributed by atoms with Gasteiger partial charge in [-0.2, -0.15) is 5.26 Å². The Bertz CT molecular complexity index is 502. The summed E-state index contributed by atoms with van der Waals surface area (Å²) in [5.74, 6) is -0.0215. The first-order valence-electron chi connectivity index (χ1n) is 7.46. The number of amides is 1. The average Bonchev–Trinajstić information content (AvgIpc) is 3.14. The third-order valence-corrected chi connectivity index (χ3v) is 4.61. The Balaban J connectivity index is 1.75. The van der Waals surface area contributed by atoms with Gasteiger partial charge in [-0.05, 0) is 37.4 Å². The first kappa shape index (κ1) is 16.0. The van der Waals surface area contributed by atoms with Crippen LogP contribution < -0.4 is 10.6 Å². The fourth-order valence-electron chi connectivity index (χ4n) is 2.55. The zero-order chi connectivity index (χ0) is 15.1. The fourth-order valence-corrected chi connectivity index (χ4v) is 3.30. The summed E-state index contributed by atoms with van der Waals surface area (Å²) in [4.78, 5) is 14.3. The molecule has 2 N–H and O–H groups in total. The Kier molecular flexibility index (Phi) is 6.18. The van der Waals surface area contributed by atoms with E-state index in [4.69, 9.17) is 5.26 Å². The Morgan fingerprint density at radius 1 is 1.67 bits per heavy atom. The number of rotatable bonds is 7. The van der Waals surface area contributed by atoms with Crippen LogP contribution in [-0.2, 0) is 4.79 Å². The molecule has 114 valence electrons. The second-order valence-electron chi connectivity index (χ2n) is 5.26.